The molecule has 0 bridgehead atoms. The number of benzene rings is 1. The monoisotopic (exact) mass is 466 g/mol. The molecule has 0 radical (unpaired) electrons. The Bertz CT molecular complexity index is 861. The Hall–Kier alpha value is -2.41. The standard InChI is InChI=1S/C26H38N6S/c1-21-11-10-18-32(20-21)24-19-23(31-16-7-2-3-8-17-31)28-25(29-24)30-26(33)27-15-9-14-22-12-5-4-6-13-22/h4-6,12-13,19,21H,2-3,7-11,14-18,20H2,1H3,(H2,27,28,29,30,33)/t21-/m0/s1. The summed E-state index contributed by atoms with van der Waals surface area (Å²) >= 11 is 5.58. The summed E-state index contributed by atoms with van der Waals surface area (Å²) in [6.07, 6.45) is 9.64. The van der Waals surface area contributed by atoms with Crippen LogP contribution in [0.2, 0.25) is 0 Å². The normalized spacial score (nSPS) is 19.1. The Labute approximate surface area is 204 Å². The molecule has 7 heteroatoms. The molecule has 2 aromatic rings. The average Bonchev–Trinajstić information content (AvgIpc) is 3.12. The van der Waals surface area contributed by atoms with Gasteiger partial charge in [0.05, 0.1) is 0 Å². The van der Waals surface area contributed by atoms with E-state index in [0.29, 0.717) is 17.0 Å². The molecule has 4 rings (SSSR count). The lowest BCUT2D eigenvalue weighted by Gasteiger charge is -2.33. The highest BCUT2D eigenvalue weighted by Crippen LogP contribution is 2.27. The van der Waals surface area contributed by atoms with Gasteiger partial charge in [-0.05, 0) is 62.2 Å². The quantitative estimate of drug-likeness (QED) is 0.439. The number of rotatable bonds is 7. The first kappa shape index (κ1) is 23.7. The fraction of sp³-hybridized carbons (Fsp3) is 0.577. The maximum atomic E-state index is 5.58. The molecule has 178 valence electrons. The van der Waals surface area contributed by atoms with Crippen molar-refractivity contribution < 1.29 is 0 Å². The zero-order chi connectivity index (χ0) is 22.9. The first-order chi connectivity index (χ1) is 16.2. The minimum Gasteiger partial charge on any atom is -0.362 e. The third kappa shape index (κ3) is 7.29. The summed E-state index contributed by atoms with van der Waals surface area (Å²) in [6.45, 7) is 7.39. The molecule has 1 atom stereocenters. The number of nitrogens with one attached hydrogen (secondary N) is 2. The van der Waals surface area contributed by atoms with Crippen molar-refractivity contribution in [1.29, 1.82) is 0 Å². The van der Waals surface area contributed by atoms with E-state index in [2.05, 4.69) is 63.8 Å². The number of nitrogens with zero attached hydrogens (tertiary/aromatic N) is 4. The van der Waals surface area contributed by atoms with Crippen LogP contribution in [0.4, 0.5) is 17.6 Å². The van der Waals surface area contributed by atoms with Crippen LogP contribution in [0, 0.1) is 5.92 Å². The van der Waals surface area contributed by atoms with Crippen LogP contribution in [0.1, 0.15) is 57.4 Å². The summed E-state index contributed by atoms with van der Waals surface area (Å²) in [6, 6.07) is 12.8. The van der Waals surface area contributed by atoms with E-state index in [1.807, 2.05) is 0 Å². The van der Waals surface area contributed by atoms with Crippen molar-refractivity contribution in [3.05, 3.63) is 42.0 Å². The first-order valence-corrected chi connectivity index (χ1v) is 13.1. The Morgan fingerprint density at radius 1 is 0.970 bits per heavy atom. The SMILES string of the molecule is C[C@H]1CCCN(c2cc(N3CCCCCC3)nc(NC(=S)NCCCc3ccccc3)n2)C1. The van der Waals surface area contributed by atoms with Crippen LogP contribution in [0.25, 0.3) is 0 Å². The number of aryl methyl sites for hydroxylation is 1. The van der Waals surface area contributed by atoms with Crippen molar-refractivity contribution in [2.45, 2.75) is 58.3 Å². The molecule has 6 nitrogen and oxygen atoms in total. The zero-order valence-corrected chi connectivity index (χ0v) is 20.7. The van der Waals surface area contributed by atoms with Gasteiger partial charge < -0.3 is 20.4 Å². The molecule has 2 aliphatic rings. The molecule has 2 N–H and O–H groups in total. The Kier molecular flexibility index (Phi) is 8.75. The van der Waals surface area contributed by atoms with Crippen LogP contribution < -0.4 is 20.4 Å². The third-order valence-electron chi connectivity index (χ3n) is 6.61. The molecule has 0 aliphatic carbocycles. The molecule has 0 unspecified atom stereocenters. The fourth-order valence-corrected chi connectivity index (χ4v) is 4.98. The van der Waals surface area contributed by atoms with Crippen molar-refractivity contribution >= 4 is 34.9 Å². The average molecular weight is 467 g/mol. The first-order valence-electron chi connectivity index (χ1n) is 12.6. The van der Waals surface area contributed by atoms with E-state index in [1.54, 1.807) is 0 Å². The molecule has 0 saturated carbocycles. The van der Waals surface area contributed by atoms with Gasteiger partial charge in [-0.2, -0.15) is 9.97 Å². The van der Waals surface area contributed by atoms with Crippen LogP contribution >= 0.6 is 12.2 Å². The van der Waals surface area contributed by atoms with Gasteiger partial charge in [0.15, 0.2) is 5.11 Å². The van der Waals surface area contributed by atoms with E-state index < -0.39 is 0 Å². The van der Waals surface area contributed by atoms with Gasteiger partial charge in [0, 0.05) is 38.8 Å². The largest absolute Gasteiger partial charge is 0.362 e. The highest BCUT2D eigenvalue weighted by atomic mass is 32.1. The smallest absolute Gasteiger partial charge is 0.232 e. The molecule has 2 saturated heterocycles. The Morgan fingerprint density at radius 2 is 1.67 bits per heavy atom. The van der Waals surface area contributed by atoms with Crippen molar-refractivity contribution in [2.24, 2.45) is 5.92 Å². The van der Waals surface area contributed by atoms with E-state index in [4.69, 9.17) is 22.2 Å². The highest BCUT2D eigenvalue weighted by molar-refractivity contribution is 7.80. The second kappa shape index (κ2) is 12.2. The van der Waals surface area contributed by atoms with Crippen LogP contribution in [-0.2, 0) is 6.42 Å². The number of hydrogen-bond donors (Lipinski definition) is 2. The van der Waals surface area contributed by atoms with E-state index in [1.165, 1.54) is 44.1 Å². The highest BCUT2D eigenvalue weighted by Gasteiger charge is 2.21. The van der Waals surface area contributed by atoms with Crippen molar-refractivity contribution in [2.75, 3.05) is 47.8 Å². The second-order valence-electron chi connectivity index (χ2n) is 9.47. The van der Waals surface area contributed by atoms with E-state index in [0.717, 1.165) is 57.2 Å². The van der Waals surface area contributed by atoms with Gasteiger partial charge in [-0.3, -0.25) is 0 Å². The van der Waals surface area contributed by atoms with Gasteiger partial charge >= 0.3 is 0 Å². The van der Waals surface area contributed by atoms with Crippen LogP contribution in [0.3, 0.4) is 0 Å². The minimum absolute atomic E-state index is 0.592. The summed E-state index contributed by atoms with van der Waals surface area (Å²) < 4.78 is 0. The maximum Gasteiger partial charge on any atom is 0.232 e. The molecule has 0 spiro atoms. The predicted octanol–water partition coefficient (Wildman–Crippen LogP) is 5.01. The van der Waals surface area contributed by atoms with E-state index in [-0.39, 0.29) is 0 Å². The van der Waals surface area contributed by atoms with E-state index in [9.17, 15) is 0 Å². The van der Waals surface area contributed by atoms with Crippen LogP contribution in [-0.4, -0.2) is 47.8 Å². The molecule has 3 heterocycles. The van der Waals surface area contributed by atoms with Gasteiger partial charge in [0.1, 0.15) is 11.6 Å². The second-order valence-corrected chi connectivity index (χ2v) is 9.88. The summed E-state index contributed by atoms with van der Waals surface area (Å²) in [5.74, 6) is 3.34. The molecule has 1 aromatic carbocycles. The minimum atomic E-state index is 0.592. The van der Waals surface area contributed by atoms with Gasteiger partial charge in [-0.25, -0.2) is 0 Å². The molecule has 2 fully saturated rings. The molecule has 0 amide bonds. The van der Waals surface area contributed by atoms with Crippen LogP contribution in [0.5, 0.6) is 0 Å². The number of piperidine rings is 1. The summed E-state index contributed by atoms with van der Waals surface area (Å²) in [7, 11) is 0. The van der Waals surface area contributed by atoms with E-state index >= 15 is 0 Å². The lowest BCUT2D eigenvalue weighted by Crippen LogP contribution is -2.36. The summed E-state index contributed by atoms with van der Waals surface area (Å²) in [5, 5.41) is 7.19. The zero-order valence-electron chi connectivity index (χ0n) is 19.9. The molecule has 33 heavy (non-hydrogen) atoms. The van der Waals surface area contributed by atoms with Gasteiger partial charge in [-0.15, -0.1) is 0 Å². The predicted molar refractivity (Wildman–Crippen MR) is 142 cm³/mol. The molecule has 1 aromatic heterocycles. The van der Waals surface area contributed by atoms with Crippen molar-refractivity contribution in [3.8, 4) is 0 Å². The number of hydrogen-bond acceptors (Lipinski definition) is 5. The molecular weight excluding hydrogens is 428 g/mol. The Balaban J connectivity index is 1.41. The lowest BCUT2D eigenvalue weighted by molar-refractivity contribution is 0.444. The Morgan fingerprint density at radius 3 is 2.39 bits per heavy atom. The number of aromatic nitrogens is 2. The topological polar surface area (TPSA) is 56.3 Å². The molecule has 2 aliphatic heterocycles. The lowest BCUT2D eigenvalue weighted by atomic mass is 10.0. The van der Waals surface area contributed by atoms with Gasteiger partial charge in [0.25, 0.3) is 0 Å². The van der Waals surface area contributed by atoms with Crippen LogP contribution in [0.15, 0.2) is 36.4 Å². The van der Waals surface area contributed by atoms with Crippen molar-refractivity contribution in [3.63, 3.8) is 0 Å². The van der Waals surface area contributed by atoms with Gasteiger partial charge in [-0.1, -0.05) is 50.1 Å². The number of anilines is 3. The third-order valence-corrected chi connectivity index (χ3v) is 6.85. The number of thiocarbonyl (C=S) groups is 1. The maximum absolute atomic E-state index is 5.58. The fourth-order valence-electron chi connectivity index (χ4n) is 4.78. The summed E-state index contributed by atoms with van der Waals surface area (Å²) in [5.41, 5.74) is 1.35. The van der Waals surface area contributed by atoms with Crippen molar-refractivity contribution in [1.82, 2.24) is 15.3 Å². The molecular formula is C26H38N6S. The van der Waals surface area contributed by atoms with Gasteiger partial charge in [0.2, 0.25) is 5.95 Å². The summed E-state index contributed by atoms with van der Waals surface area (Å²) in [4.78, 5) is 14.6.